The first-order valence-electron chi connectivity index (χ1n) is 6.81. The van der Waals surface area contributed by atoms with Gasteiger partial charge in [-0.3, -0.25) is 4.79 Å². The van der Waals surface area contributed by atoms with Gasteiger partial charge in [-0.2, -0.15) is 0 Å². The highest BCUT2D eigenvalue weighted by Crippen LogP contribution is 2.21. The molecule has 1 heterocycles. The standard InChI is InChI=1S/C16H19NO2S2/c1-12(16(19)17-10-14-8-5-9-20-14)21-11-15(18)13-6-3-2-4-7-13/h2-9,12,15,18H,10-11H2,1H3,(H,17,19). The molecule has 0 saturated heterocycles. The van der Waals surface area contributed by atoms with Crippen LogP contribution in [0.3, 0.4) is 0 Å². The lowest BCUT2D eigenvalue weighted by atomic mass is 10.1. The largest absolute Gasteiger partial charge is 0.388 e. The Kier molecular flexibility index (Phi) is 6.29. The molecule has 112 valence electrons. The van der Waals surface area contributed by atoms with Crippen molar-refractivity contribution < 1.29 is 9.90 Å². The van der Waals surface area contributed by atoms with E-state index >= 15 is 0 Å². The monoisotopic (exact) mass is 321 g/mol. The van der Waals surface area contributed by atoms with E-state index < -0.39 is 6.10 Å². The molecule has 0 bridgehead atoms. The number of nitrogens with one attached hydrogen (secondary N) is 1. The van der Waals surface area contributed by atoms with Crippen molar-refractivity contribution in [2.45, 2.75) is 24.8 Å². The van der Waals surface area contributed by atoms with Gasteiger partial charge in [-0.05, 0) is 23.9 Å². The molecule has 2 rings (SSSR count). The molecule has 0 radical (unpaired) electrons. The molecule has 0 spiro atoms. The van der Waals surface area contributed by atoms with Gasteiger partial charge in [0.15, 0.2) is 0 Å². The maximum atomic E-state index is 12.0. The molecule has 5 heteroatoms. The van der Waals surface area contributed by atoms with E-state index in [4.69, 9.17) is 0 Å². The summed E-state index contributed by atoms with van der Waals surface area (Å²) in [6.45, 7) is 2.44. The van der Waals surface area contributed by atoms with E-state index in [2.05, 4.69) is 5.32 Å². The zero-order valence-corrected chi connectivity index (χ0v) is 13.5. The molecule has 1 aromatic carbocycles. The van der Waals surface area contributed by atoms with Crippen LogP contribution in [0.25, 0.3) is 0 Å². The molecule has 0 aliphatic carbocycles. The van der Waals surface area contributed by atoms with Crippen LogP contribution in [-0.4, -0.2) is 22.0 Å². The fourth-order valence-electron chi connectivity index (χ4n) is 1.81. The smallest absolute Gasteiger partial charge is 0.233 e. The Morgan fingerprint density at radius 2 is 2.05 bits per heavy atom. The second-order valence-corrected chi connectivity index (χ2v) is 7.11. The molecular weight excluding hydrogens is 302 g/mol. The second kappa shape index (κ2) is 8.22. The normalized spacial score (nSPS) is 13.6. The molecule has 0 aliphatic rings. The molecule has 2 aromatic rings. The van der Waals surface area contributed by atoms with Gasteiger partial charge in [0.25, 0.3) is 0 Å². The van der Waals surface area contributed by atoms with Crippen molar-refractivity contribution in [3.63, 3.8) is 0 Å². The molecular formula is C16H19NO2S2. The predicted molar refractivity (Wildman–Crippen MR) is 89.5 cm³/mol. The zero-order valence-electron chi connectivity index (χ0n) is 11.9. The molecule has 1 amide bonds. The number of rotatable bonds is 7. The summed E-state index contributed by atoms with van der Waals surface area (Å²) in [4.78, 5) is 13.1. The third-order valence-electron chi connectivity index (χ3n) is 3.07. The zero-order chi connectivity index (χ0) is 15.1. The van der Waals surface area contributed by atoms with Crippen molar-refractivity contribution in [2.24, 2.45) is 0 Å². The second-order valence-electron chi connectivity index (χ2n) is 4.70. The van der Waals surface area contributed by atoms with Crippen molar-refractivity contribution in [3.05, 3.63) is 58.3 Å². The van der Waals surface area contributed by atoms with E-state index in [-0.39, 0.29) is 11.2 Å². The SMILES string of the molecule is CC(SCC(O)c1ccccc1)C(=O)NCc1cccs1. The minimum atomic E-state index is -0.538. The van der Waals surface area contributed by atoms with Gasteiger partial charge in [-0.15, -0.1) is 23.1 Å². The molecule has 0 saturated carbocycles. The van der Waals surface area contributed by atoms with Crippen molar-refractivity contribution in [3.8, 4) is 0 Å². The van der Waals surface area contributed by atoms with Gasteiger partial charge >= 0.3 is 0 Å². The minimum absolute atomic E-state index is 0.00802. The predicted octanol–water partition coefficient (Wildman–Crippen LogP) is 3.22. The van der Waals surface area contributed by atoms with E-state index in [0.29, 0.717) is 12.3 Å². The highest BCUT2D eigenvalue weighted by molar-refractivity contribution is 8.00. The lowest BCUT2D eigenvalue weighted by molar-refractivity contribution is -0.120. The number of benzene rings is 1. The fraction of sp³-hybridized carbons (Fsp3) is 0.312. The van der Waals surface area contributed by atoms with Crippen molar-refractivity contribution >= 4 is 29.0 Å². The maximum absolute atomic E-state index is 12.0. The Labute approximate surface area is 133 Å². The number of aliphatic hydroxyl groups is 1. The molecule has 3 nitrogen and oxygen atoms in total. The van der Waals surface area contributed by atoms with E-state index in [0.717, 1.165) is 10.4 Å². The van der Waals surface area contributed by atoms with Crippen LogP contribution in [0.5, 0.6) is 0 Å². The van der Waals surface area contributed by atoms with E-state index in [1.165, 1.54) is 11.8 Å². The van der Waals surface area contributed by atoms with Crippen LogP contribution in [0.15, 0.2) is 47.8 Å². The molecule has 1 aromatic heterocycles. The molecule has 2 unspecified atom stereocenters. The van der Waals surface area contributed by atoms with E-state index in [1.54, 1.807) is 11.3 Å². The summed E-state index contributed by atoms with van der Waals surface area (Å²) in [7, 11) is 0. The van der Waals surface area contributed by atoms with Crippen LogP contribution in [0.4, 0.5) is 0 Å². The third-order valence-corrected chi connectivity index (χ3v) is 5.17. The third kappa shape index (κ3) is 5.19. The Hall–Kier alpha value is -1.30. The molecule has 0 fully saturated rings. The number of aliphatic hydroxyl groups excluding tert-OH is 1. The lowest BCUT2D eigenvalue weighted by Gasteiger charge is -2.15. The van der Waals surface area contributed by atoms with Gasteiger partial charge in [0.2, 0.25) is 5.91 Å². The van der Waals surface area contributed by atoms with E-state index in [9.17, 15) is 9.90 Å². The van der Waals surface area contributed by atoms with Gasteiger partial charge in [0, 0.05) is 10.6 Å². The summed E-state index contributed by atoms with van der Waals surface area (Å²) in [6, 6.07) is 13.5. The summed E-state index contributed by atoms with van der Waals surface area (Å²) >= 11 is 3.10. The van der Waals surface area contributed by atoms with Crippen LogP contribution in [0.1, 0.15) is 23.5 Å². The van der Waals surface area contributed by atoms with Crippen LogP contribution in [0.2, 0.25) is 0 Å². The summed E-state index contributed by atoms with van der Waals surface area (Å²) in [5, 5.41) is 14.8. The van der Waals surface area contributed by atoms with Crippen LogP contribution in [-0.2, 0) is 11.3 Å². The highest BCUT2D eigenvalue weighted by Gasteiger charge is 2.16. The minimum Gasteiger partial charge on any atom is -0.388 e. The topological polar surface area (TPSA) is 49.3 Å². The summed E-state index contributed by atoms with van der Waals surface area (Å²) in [6.07, 6.45) is -0.538. The number of thiophene rings is 1. The van der Waals surface area contributed by atoms with Gasteiger partial charge in [0.05, 0.1) is 17.9 Å². The first kappa shape index (κ1) is 16.1. The average molecular weight is 321 g/mol. The quantitative estimate of drug-likeness (QED) is 0.823. The average Bonchev–Trinajstić information content (AvgIpc) is 3.04. The number of hydrogen-bond donors (Lipinski definition) is 2. The Morgan fingerprint density at radius 3 is 2.71 bits per heavy atom. The number of hydrogen-bond acceptors (Lipinski definition) is 4. The number of carbonyl (C=O) groups excluding carboxylic acids is 1. The van der Waals surface area contributed by atoms with Crippen LogP contribution >= 0.6 is 23.1 Å². The number of thioether (sulfide) groups is 1. The molecule has 0 aliphatic heterocycles. The summed E-state index contributed by atoms with van der Waals surface area (Å²) in [5.74, 6) is 0.520. The Bertz CT molecular complexity index is 543. The molecule has 2 atom stereocenters. The molecule has 21 heavy (non-hydrogen) atoms. The fourth-order valence-corrected chi connectivity index (χ4v) is 3.36. The maximum Gasteiger partial charge on any atom is 0.233 e. The lowest BCUT2D eigenvalue weighted by Crippen LogP contribution is -2.30. The van der Waals surface area contributed by atoms with Crippen LogP contribution < -0.4 is 5.32 Å². The van der Waals surface area contributed by atoms with Gasteiger partial charge < -0.3 is 10.4 Å². The van der Waals surface area contributed by atoms with Gasteiger partial charge in [-0.1, -0.05) is 36.4 Å². The first-order chi connectivity index (χ1) is 10.2. The van der Waals surface area contributed by atoms with E-state index in [1.807, 2.05) is 54.8 Å². The first-order valence-corrected chi connectivity index (χ1v) is 8.74. The van der Waals surface area contributed by atoms with Crippen molar-refractivity contribution in [1.82, 2.24) is 5.32 Å². The Balaban J connectivity index is 1.73. The summed E-state index contributed by atoms with van der Waals surface area (Å²) in [5.41, 5.74) is 0.885. The van der Waals surface area contributed by atoms with Gasteiger partial charge in [-0.25, -0.2) is 0 Å². The summed E-state index contributed by atoms with van der Waals surface area (Å²) < 4.78 is 0. The van der Waals surface area contributed by atoms with Gasteiger partial charge in [0.1, 0.15) is 0 Å². The van der Waals surface area contributed by atoms with Crippen molar-refractivity contribution in [1.29, 1.82) is 0 Å². The van der Waals surface area contributed by atoms with Crippen molar-refractivity contribution in [2.75, 3.05) is 5.75 Å². The number of carbonyl (C=O) groups is 1. The number of amides is 1. The molecule has 2 N–H and O–H groups in total. The Morgan fingerprint density at radius 1 is 1.29 bits per heavy atom. The highest BCUT2D eigenvalue weighted by atomic mass is 32.2. The van der Waals surface area contributed by atoms with Crippen LogP contribution in [0, 0.1) is 0 Å².